The van der Waals surface area contributed by atoms with Crippen molar-refractivity contribution in [1.29, 1.82) is 0 Å². The van der Waals surface area contributed by atoms with Gasteiger partial charge in [-0.1, -0.05) is 25.1 Å². The van der Waals surface area contributed by atoms with Crippen molar-refractivity contribution in [2.75, 3.05) is 23.9 Å². The van der Waals surface area contributed by atoms with Crippen LogP contribution in [0.15, 0.2) is 42.5 Å². The molecule has 1 heterocycles. The molecule has 2 aromatic carbocycles. The summed E-state index contributed by atoms with van der Waals surface area (Å²) in [6, 6.07) is 12.1. The zero-order valence-electron chi connectivity index (χ0n) is 15.8. The number of aromatic hydroxyl groups is 1. The fourth-order valence-corrected chi connectivity index (χ4v) is 3.20. The number of methoxy groups -OCH3 is 1. The summed E-state index contributed by atoms with van der Waals surface area (Å²) in [6.07, 6.45) is 0.992. The summed E-state index contributed by atoms with van der Waals surface area (Å²) in [5.41, 5.74) is 1.99. The summed E-state index contributed by atoms with van der Waals surface area (Å²) < 4.78 is 4.61. The molecule has 146 valence electrons. The molecule has 3 rings (SSSR count). The van der Waals surface area contributed by atoms with Crippen LogP contribution in [-0.2, 0) is 20.7 Å². The maximum atomic E-state index is 12.6. The van der Waals surface area contributed by atoms with Crippen LogP contribution in [-0.4, -0.2) is 36.5 Å². The van der Waals surface area contributed by atoms with Gasteiger partial charge in [0.05, 0.1) is 18.7 Å². The lowest BCUT2D eigenvalue weighted by Gasteiger charge is -2.17. The van der Waals surface area contributed by atoms with E-state index in [1.54, 1.807) is 4.90 Å². The van der Waals surface area contributed by atoms with Crippen molar-refractivity contribution in [3.05, 3.63) is 53.6 Å². The number of amides is 2. The highest BCUT2D eigenvalue weighted by atomic mass is 16.5. The highest BCUT2D eigenvalue weighted by molar-refractivity contribution is 6.04. The first-order valence-electron chi connectivity index (χ1n) is 9.05. The van der Waals surface area contributed by atoms with E-state index in [0.29, 0.717) is 0 Å². The lowest BCUT2D eigenvalue weighted by Crippen LogP contribution is -2.28. The molecule has 28 heavy (non-hydrogen) atoms. The van der Waals surface area contributed by atoms with Gasteiger partial charge in [0, 0.05) is 18.7 Å². The number of carbonyl (C=O) groups excluding carboxylic acids is 3. The molecule has 2 amide bonds. The Hall–Kier alpha value is -3.35. The Morgan fingerprint density at radius 1 is 1.21 bits per heavy atom. The molecule has 7 heteroatoms. The quantitative estimate of drug-likeness (QED) is 0.612. The van der Waals surface area contributed by atoms with Gasteiger partial charge < -0.3 is 20.1 Å². The average molecular weight is 382 g/mol. The van der Waals surface area contributed by atoms with E-state index in [1.165, 1.54) is 30.9 Å². The zero-order chi connectivity index (χ0) is 20.3. The predicted octanol–water partition coefficient (Wildman–Crippen LogP) is 2.73. The number of rotatable bonds is 5. The Labute approximate surface area is 162 Å². The van der Waals surface area contributed by atoms with Gasteiger partial charge in [0.1, 0.15) is 5.56 Å². The van der Waals surface area contributed by atoms with Crippen LogP contribution in [0.1, 0.15) is 29.3 Å². The SMILES string of the molecule is CCc1ccc(N2CC(C(=O)Nc3cccc(C(=O)OC)c3O)CC2=O)cc1. The number of ether oxygens (including phenoxy) is 1. The van der Waals surface area contributed by atoms with E-state index in [1.807, 2.05) is 24.3 Å². The number of hydrogen-bond acceptors (Lipinski definition) is 5. The molecule has 0 saturated carbocycles. The summed E-state index contributed by atoms with van der Waals surface area (Å²) in [5, 5.41) is 12.8. The summed E-state index contributed by atoms with van der Waals surface area (Å²) in [5.74, 6) is -2.14. The highest BCUT2D eigenvalue weighted by Gasteiger charge is 2.35. The van der Waals surface area contributed by atoms with E-state index in [4.69, 9.17) is 0 Å². The van der Waals surface area contributed by atoms with Gasteiger partial charge in [0.2, 0.25) is 11.8 Å². The first-order chi connectivity index (χ1) is 13.4. The van der Waals surface area contributed by atoms with E-state index in [2.05, 4.69) is 17.0 Å². The number of phenols is 1. The molecule has 1 aliphatic rings. The minimum absolute atomic E-state index is 0.0413. The number of esters is 1. The molecule has 1 atom stereocenters. The Bertz CT molecular complexity index is 908. The Kier molecular flexibility index (Phi) is 5.63. The van der Waals surface area contributed by atoms with E-state index < -0.39 is 17.8 Å². The summed E-state index contributed by atoms with van der Waals surface area (Å²) in [4.78, 5) is 38.3. The number of phenolic OH excluding ortho intramolecular Hbond substituents is 1. The van der Waals surface area contributed by atoms with Crippen molar-refractivity contribution in [2.45, 2.75) is 19.8 Å². The number of benzene rings is 2. The molecule has 0 aliphatic carbocycles. The third kappa shape index (κ3) is 3.83. The first kappa shape index (κ1) is 19.4. The predicted molar refractivity (Wildman–Crippen MR) is 104 cm³/mol. The van der Waals surface area contributed by atoms with Crippen molar-refractivity contribution in [2.24, 2.45) is 5.92 Å². The fourth-order valence-electron chi connectivity index (χ4n) is 3.20. The van der Waals surface area contributed by atoms with Crippen LogP contribution in [0.2, 0.25) is 0 Å². The first-order valence-corrected chi connectivity index (χ1v) is 9.05. The van der Waals surface area contributed by atoms with Gasteiger partial charge in [-0.2, -0.15) is 0 Å². The number of carbonyl (C=O) groups is 3. The number of hydrogen-bond donors (Lipinski definition) is 2. The van der Waals surface area contributed by atoms with Crippen molar-refractivity contribution < 1.29 is 24.2 Å². The molecule has 1 unspecified atom stereocenters. The largest absolute Gasteiger partial charge is 0.505 e. The van der Waals surface area contributed by atoms with Crippen LogP contribution >= 0.6 is 0 Å². The number of anilines is 2. The fraction of sp³-hybridized carbons (Fsp3) is 0.286. The van der Waals surface area contributed by atoms with Gasteiger partial charge in [-0.05, 0) is 36.2 Å². The summed E-state index contributed by atoms with van der Waals surface area (Å²) in [6.45, 7) is 2.31. The molecule has 1 saturated heterocycles. The Morgan fingerprint density at radius 2 is 1.93 bits per heavy atom. The van der Waals surface area contributed by atoms with E-state index in [9.17, 15) is 19.5 Å². The molecule has 0 spiro atoms. The number of nitrogens with one attached hydrogen (secondary N) is 1. The van der Waals surface area contributed by atoms with Crippen LogP contribution in [0, 0.1) is 5.92 Å². The smallest absolute Gasteiger partial charge is 0.341 e. The maximum Gasteiger partial charge on any atom is 0.341 e. The van der Waals surface area contributed by atoms with Gasteiger partial charge in [-0.15, -0.1) is 0 Å². The molecule has 2 N–H and O–H groups in total. The molecule has 2 aromatic rings. The third-order valence-corrected chi connectivity index (χ3v) is 4.85. The molecule has 0 aromatic heterocycles. The lowest BCUT2D eigenvalue weighted by atomic mass is 10.1. The average Bonchev–Trinajstić information content (AvgIpc) is 3.11. The Balaban J connectivity index is 1.72. The van der Waals surface area contributed by atoms with Crippen LogP contribution < -0.4 is 10.2 Å². The molecular weight excluding hydrogens is 360 g/mol. The minimum atomic E-state index is -0.702. The van der Waals surface area contributed by atoms with Crippen molar-refractivity contribution in [1.82, 2.24) is 0 Å². The second-order valence-corrected chi connectivity index (χ2v) is 6.61. The van der Waals surface area contributed by atoms with Crippen LogP contribution in [0.4, 0.5) is 11.4 Å². The second-order valence-electron chi connectivity index (χ2n) is 6.61. The standard InChI is InChI=1S/C21H22N2O5/c1-3-13-7-9-15(10-8-13)23-12-14(11-18(23)24)20(26)22-17-6-4-5-16(19(17)25)21(27)28-2/h4-10,14,25H,3,11-12H2,1-2H3,(H,22,26). The van der Waals surface area contributed by atoms with Gasteiger partial charge in [-0.3, -0.25) is 9.59 Å². The van der Waals surface area contributed by atoms with E-state index in [-0.39, 0.29) is 35.9 Å². The highest BCUT2D eigenvalue weighted by Crippen LogP contribution is 2.30. The number of aryl methyl sites for hydroxylation is 1. The lowest BCUT2D eigenvalue weighted by molar-refractivity contribution is -0.122. The second kappa shape index (κ2) is 8.12. The molecular formula is C21H22N2O5. The van der Waals surface area contributed by atoms with Crippen LogP contribution in [0.25, 0.3) is 0 Å². The minimum Gasteiger partial charge on any atom is -0.505 e. The third-order valence-electron chi connectivity index (χ3n) is 4.85. The van der Waals surface area contributed by atoms with E-state index >= 15 is 0 Å². The van der Waals surface area contributed by atoms with Gasteiger partial charge in [0.25, 0.3) is 0 Å². The molecule has 1 aliphatic heterocycles. The number of para-hydroxylation sites is 1. The molecule has 7 nitrogen and oxygen atoms in total. The van der Waals surface area contributed by atoms with Crippen molar-refractivity contribution >= 4 is 29.2 Å². The van der Waals surface area contributed by atoms with Crippen LogP contribution in [0.3, 0.4) is 0 Å². The Morgan fingerprint density at radius 3 is 2.57 bits per heavy atom. The van der Waals surface area contributed by atoms with Crippen LogP contribution in [0.5, 0.6) is 5.75 Å². The van der Waals surface area contributed by atoms with E-state index in [0.717, 1.165) is 12.1 Å². The summed E-state index contributed by atoms with van der Waals surface area (Å²) >= 11 is 0. The monoisotopic (exact) mass is 382 g/mol. The zero-order valence-corrected chi connectivity index (χ0v) is 15.8. The molecule has 0 bridgehead atoms. The maximum absolute atomic E-state index is 12.6. The van der Waals surface area contributed by atoms with Gasteiger partial charge in [-0.25, -0.2) is 4.79 Å². The molecule has 0 radical (unpaired) electrons. The van der Waals surface area contributed by atoms with Crippen molar-refractivity contribution in [3.63, 3.8) is 0 Å². The van der Waals surface area contributed by atoms with Gasteiger partial charge >= 0.3 is 5.97 Å². The molecule has 1 fully saturated rings. The summed E-state index contributed by atoms with van der Waals surface area (Å²) in [7, 11) is 1.21. The number of nitrogens with zero attached hydrogens (tertiary/aromatic N) is 1. The topological polar surface area (TPSA) is 95.9 Å². The van der Waals surface area contributed by atoms with Gasteiger partial charge in [0.15, 0.2) is 5.75 Å². The normalized spacial score (nSPS) is 16.1. The van der Waals surface area contributed by atoms with Crippen molar-refractivity contribution in [3.8, 4) is 5.75 Å².